The van der Waals surface area contributed by atoms with Gasteiger partial charge in [0.15, 0.2) is 0 Å². The number of aliphatic carboxylic acids is 1. The number of aromatic nitrogens is 1. The van der Waals surface area contributed by atoms with E-state index in [1.807, 2.05) is 12.1 Å². The third-order valence-corrected chi connectivity index (χ3v) is 5.30. The molecule has 1 aliphatic heterocycles. The summed E-state index contributed by atoms with van der Waals surface area (Å²) in [6.45, 7) is 2.84. The van der Waals surface area contributed by atoms with E-state index in [0.29, 0.717) is 26.2 Å². The van der Waals surface area contributed by atoms with E-state index in [0.717, 1.165) is 12.1 Å². The quantitative estimate of drug-likeness (QED) is 0.795. The maximum atomic E-state index is 12.0. The van der Waals surface area contributed by atoms with Crippen LogP contribution in [0.25, 0.3) is 0 Å². The van der Waals surface area contributed by atoms with Gasteiger partial charge in [-0.3, -0.25) is 14.7 Å². The minimum atomic E-state index is -3.46. The van der Waals surface area contributed by atoms with Crippen LogP contribution in [-0.2, 0) is 21.4 Å². The van der Waals surface area contributed by atoms with Gasteiger partial charge in [0.1, 0.15) is 0 Å². The second-order valence-electron chi connectivity index (χ2n) is 5.00. The summed E-state index contributed by atoms with van der Waals surface area (Å²) in [5.41, 5.74) is 1.10. The van der Waals surface area contributed by atoms with E-state index < -0.39 is 16.0 Å². The molecule has 21 heavy (non-hydrogen) atoms. The Balaban J connectivity index is 1.84. The monoisotopic (exact) mass is 313 g/mol. The molecule has 0 atom stereocenters. The van der Waals surface area contributed by atoms with Crippen molar-refractivity contribution in [3.63, 3.8) is 0 Å². The number of carboxylic acid groups (broad SMARTS) is 1. The van der Waals surface area contributed by atoms with Gasteiger partial charge in [0.2, 0.25) is 10.0 Å². The summed E-state index contributed by atoms with van der Waals surface area (Å²) in [5, 5.41) is 8.58. The number of carboxylic acids is 1. The normalized spacial score (nSPS) is 17.7. The predicted molar refractivity (Wildman–Crippen MR) is 77.1 cm³/mol. The predicted octanol–water partition coefficient (Wildman–Crippen LogP) is 0.00370. The summed E-state index contributed by atoms with van der Waals surface area (Å²) in [6.07, 6.45) is 3.17. The van der Waals surface area contributed by atoms with Crippen LogP contribution < -0.4 is 0 Å². The number of sulfonamides is 1. The summed E-state index contributed by atoms with van der Waals surface area (Å²) >= 11 is 0. The Bertz CT molecular complexity index is 568. The molecule has 0 spiro atoms. The SMILES string of the molecule is O=C(O)CCS(=O)(=O)N1CCN(Cc2cccnc2)CC1. The van der Waals surface area contributed by atoms with E-state index in [4.69, 9.17) is 5.11 Å². The molecule has 0 radical (unpaired) electrons. The summed E-state index contributed by atoms with van der Waals surface area (Å²) in [6, 6.07) is 3.87. The molecule has 1 aromatic heterocycles. The zero-order chi connectivity index (χ0) is 15.3. The molecule has 7 nitrogen and oxygen atoms in total. The molecule has 1 N–H and O–H groups in total. The molecule has 8 heteroatoms. The van der Waals surface area contributed by atoms with Crippen molar-refractivity contribution in [1.82, 2.24) is 14.2 Å². The molecule has 0 aliphatic carbocycles. The highest BCUT2D eigenvalue weighted by atomic mass is 32.2. The Kier molecular flexibility index (Phi) is 5.27. The smallest absolute Gasteiger partial charge is 0.304 e. The van der Waals surface area contributed by atoms with Crippen LogP contribution in [0, 0.1) is 0 Å². The summed E-state index contributed by atoms with van der Waals surface area (Å²) in [7, 11) is -3.46. The Labute approximate surface area is 124 Å². The number of rotatable bonds is 6. The lowest BCUT2D eigenvalue weighted by molar-refractivity contribution is -0.136. The number of piperazine rings is 1. The standard InChI is InChI=1S/C13H19N3O4S/c17-13(18)3-9-21(19,20)16-7-5-15(6-8-16)11-12-2-1-4-14-10-12/h1-2,4,10H,3,5-9,11H2,(H,17,18). The fourth-order valence-electron chi connectivity index (χ4n) is 2.26. The number of pyridine rings is 1. The van der Waals surface area contributed by atoms with Gasteiger partial charge in [-0.15, -0.1) is 0 Å². The second-order valence-corrected chi connectivity index (χ2v) is 7.08. The van der Waals surface area contributed by atoms with Gasteiger partial charge in [-0.1, -0.05) is 6.07 Å². The molecule has 116 valence electrons. The van der Waals surface area contributed by atoms with E-state index in [9.17, 15) is 13.2 Å². The fraction of sp³-hybridized carbons (Fsp3) is 0.538. The van der Waals surface area contributed by atoms with Crippen molar-refractivity contribution in [2.24, 2.45) is 0 Å². The van der Waals surface area contributed by atoms with Crippen molar-refractivity contribution in [2.45, 2.75) is 13.0 Å². The molecule has 0 amide bonds. The largest absolute Gasteiger partial charge is 0.481 e. The Hall–Kier alpha value is -1.51. The topological polar surface area (TPSA) is 90.8 Å². The van der Waals surface area contributed by atoms with Crippen molar-refractivity contribution in [2.75, 3.05) is 31.9 Å². The number of hydrogen-bond donors (Lipinski definition) is 1. The molecule has 0 saturated carbocycles. The summed E-state index contributed by atoms with van der Waals surface area (Å²) in [5.74, 6) is -1.42. The molecule has 1 fully saturated rings. The highest BCUT2D eigenvalue weighted by molar-refractivity contribution is 7.89. The highest BCUT2D eigenvalue weighted by Crippen LogP contribution is 2.11. The van der Waals surface area contributed by atoms with E-state index in [-0.39, 0.29) is 12.2 Å². The first kappa shape index (κ1) is 15.9. The van der Waals surface area contributed by atoms with Gasteiger partial charge >= 0.3 is 5.97 Å². The van der Waals surface area contributed by atoms with E-state index >= 15 is 0 Å². The van der Waals surface area contributed by atoms with Crippen molar-refractivity contribution in [3.05, 3.63) is 30.1 Å². The molecule has 2 heterocycles. The van der Waals surface area contributed by atoms with Crippen LogP contribution in [0.15, 0.2) is 24.5 Å². The molecule has 1 aliphatic rings. The van der Waals surface area contributed by atoms with Crippen molar-refractivity contribution in [1.29, 1.82) is 0 Å². The number of carbonyl (C=O) groups is 1. The molecule has 1 aromatic rings. The summed E-state index contributed by atoms with van der Waals surface area (Å²) in [4.78, 5) is 16.7. The minimum absolute atomic E-state index is 0.328. The van der Waals surface area contributed by atoms with Crippen LogP contribution in [0.4, 0.5) is 0 Å². The lowest BCUT2D eigenvalue weighted by Gasteiger charge is -2.33. The zero-order valence-corrected chi connectivity index (χ0v) is 12.5. The van der Waals surface area contributed by atoms with Crippen LogP contribution in [0.3, 0.4) is 0 Å². The van der Waals surface area contributed by atoms with Gasteiger partial charge < -0.3 is 5.11 Å². The van der Waals surface area contributed by atoms with Crippen LogP contribution in [-0.4, -0.2) is 65.6 Å². The number of hydrogen-bond acceptors (Lipinski definition) is 5. The average molecular weight is 313 g/mol. The van der Waals surface area contributed by atoms with Gasteiger partial charge in [-0.05, 0) is 11.6 Å². The molecule has 2 rings (SSSR count). The third-order valence-electron chi connectivity index (χ3n) is 3.43. The first-order valence-electron chi connectivity index (χ1n) is 6.78. The van der Waals surface area contributed by atoms with E-state index in [2.05, 4.69) is 9.88 Å². The second kappa shape index (κ2) is 6.97. The van der Waals surface area contributed by atoms with Gasteiger partial charge in [0.25, 0.3) is 0 Å². The molecule has 0 unspecified atom stereocenters. The maximum absolute atomic E-state index is 12.0. The Morgan fingerprint density at radius 1 is 1.29 bits per heavy atom. The first-order chi connectivity index (χ1) is 9.97. The van der Waals surface area contributed by atoms with Crippen molar-refractivity contribution >= 4 is 16.0 Å². The van der Waals surface area contributed by atoms with Crippen molar-refractivity contribution < 1.29 is 18.3 Å². The fourth-order valence-corrected chi connectivity index (χ4v) is 3.67. The van der Waals surface area contributed by atoms with E-state index in [1.54, 1.807) is 12.4 Å². The lowest BCUT2D eigenvalue weighted by atomic mass is 10.2. The number of nitrogens with zero attached hydrogens (tertiary/aromatic N) is 3. The van der Waals surface area contributed by atoms with Crippen LogP contribution in [0.2, 0.25) is 0 Å². The highest BCUT2D eigenvalue weighted by Gasteiger charge is 2.27. The minimum Gasteiger partial charge on any atom is -0.481 e. The summed E-state index contributed by atoms with van der Waals surface area (Å²) < 4.78 is 25.4. The Morgan fingerprint density at radius 2 is 2.00 bits per heavy atom. The van der Waals surface area contributed by atoms with Crippen LogP contribution in [0.5, 0.6) is 0 Å². The molecule has 1 saturated heterocycles. The van der Waals surface area contributed by atoms with Crippen LogP contribution in [0.1, 0.15) is 12.0 Å². The van der Waals surface area contributed by atoms with Gasteiger partial charge in [-0.25, -0.2) is 8.42 Å². The van der Waals surface area contributed by atoms with Gasteiger partial charge in [-0.2, -0.15) is 4.31 Å². The maximum Gasteiger partial charge on any atom is 0.304 e. The van der Waals surface area contributed by atoms with Gasteiger partial charge in [0.05, 0.1) is 12.2 Å². The lowest BCUT2D eigenvalue weighted by Crippen LogP contribution is -2.48. The average Bonchev–Trinajstić information content (AvgIpc) is 2.47. The molecular weight excluding hydrogens is 294 g/mol. The Morgan fingerprint density at radius 3 is 2.57 bits per heavy atom. The van der Waals surface area contributed by atoms with Crippen LogP contribution >= 0.6 is 0 Å². The van der Waals surface area contributed by atoms with Gasteiger partial charge in [0, 0.05) is 45.1 Å². The third kappa shape index (κ3) is 4.76. The van der Waals surface area contributed by atoms with Crippen molar-refractivity contribution in [3.8, 4) is 0 Å². The molecule has 0 aromatic carbocycles. The first-order valence-corrected chi connectivity index (χ1v) is 8.39. The zero-order valence-electron chi connectivity index (χ0n) is 11.7. The van der Waals surface area contributed by atoms with E-state index in [1.165, 1.54) is 4.31 Å². The molecular formula is C13H19N3O4S. The molecule has 0 bridgehead atoms.